The number of anilines is 1. The minimum atomic E-state index is 0.203. The standard InChI is InChI=1S/C15H23ClN4O/c1-10(2)12-9-19-15(16)20-13(12)17-7-4-8-18-14(21)11-5-3-6-11/h9-11H,3-8H2,1-2H3,(H,18,21)(H,17,19,20). The van der Waals surface area contributed by atoms with E-state index < -0.39 is 0 Å². The minimum Gasteiger partial charge on any atom is -0.370 e. The second kappa shape index (κ2) is 7.59. The summed E-state index contributed by atoms with van der Waals surface area (Å²) in [5.41, 5.74) is 1.05. The van der Waals surface area contributed by atoms with Crippen molar-refractivity contribution >= 4 is 23.3 Å². The average molecular weight is 311 g/mol. The lowest BCUT2D eigenvalue weighted by Gasteiger charge is -2.24. The molecular formula is C15H23ClN4O. The Hall–Kier alpha value is -1.36. The predicted molar refractivity (Wildman–Crippen MR) is 84.6 cm³/mol. The van der Waals surface area contributed by atoms with E-state index in [1.54, 1.807) is 6.20 Å². The molecule has 0 bridgehead atoms. The van der Waals surface area contributed by atoms with Crippen molar-refractivity contribution < 1.29 is 4.79 Å². The molecule has 1 aromatic rings. The summed E-state index contributed by atoms with van der Waals surface area (Å²) in [6.45, 7) is 5.63. The summed E-state index contributed by atoms with van der Waals surface area (Å²) < 4.78 is 0. The highest BCUT2D eigenvalue weighted by Gasteiger charge is 2.24. The Bertz CT molecular complexity index is 489. The zero-order chi connectivity index (χ0) is 15.2. The molecule has 0 aromatic carbocycles. The molecule has 1 fully saturated rings. The molecule has 0 radical (unpaired) electrons. The van der Waals surface area contributed by atoms with Gasteiger partial charge in [0.2, 0.25) is 11.2 Å². The van der Waals surface area contributed by atoms with Crippen molar-refractivity contribution in [1.29, 1.82) is 0 Å². The molecule has 0 unspecified atom stereocenters. The van der Waals surface area contributed by atoms with Crippen molar-refractivity contribution in [2.75, 3.05) is 18.4 Å². The lowest BCUT2D eigenvalue weighted by atomic mass is 9.85. The van der Waals surface area contributed by atoms with Crippen molar-refractivity contribution in [1.82, 2.24) is 15.3 Å². The number of carbonyl (C=O) groups is 1. The summed E-state index contributed by atoms with van der Waals surface area (Å²) in [7, 11) is 0. The van der Waals surface area contributed by atoms with Gasteiger partial charge in [0.25, 0.3) is 0 Å². The molecular weight excluding hydrogens is 288 g/mol. The normalized spacial score (nSPS) is 14.9. The Morgan fingerprint density at radius 3 is 2.81 bits per heavy atom. The highest BCUT2D eigenvalue weighted by Crippen LogP contribution is 2.26. The topological polar surface area (TPSA) is 66.9 Å². The molecule has 6 heteroatoms. The van der Waals surface area contributed by atoms with Gasteiger partial charge in [0.05, 0.1) is 0 Å². The van der Waals surface area contributed by atoms with Gasteiger partial charge >= 0.3 is 0 Å². The van der Waals surface area contributed by atoms with E-state index in [1.807, 2.05) is 0 Å². The van der Waals surface area contributed by atoms with Gasteiger partial charge in [-0.2, -0.15) is 0 Å². The van der Waals surface area contributed by atoms with Crippen molar-refractivity contribution in [2.45, 2.75) is 45.4 Å². The zero-order valence-electron chi connectivity index (χ0n) is 12.7. The summed E-state index contributed by atoms with van der Waals surface area (Å²) in [6.07, 6.45) is 5.90. The molecule has 1 aliphatic carbocycles. The monoisotopic (exact) mass is 310 g/mol. The fraction of sp³-hybridized carbons (Fsp3) is 0.667. The highest BCUT2D eigenvalue weighted by atomic mass is 35.5. The smallest absolute Gasteiger partial charge is 0.224 e. The van der Waals surface area contributed by atoms with Crippen LogP contribution in [-0.4, -0.2) is 29.0 Å². The molecule has 1 amide bonds. The fourth-order valence-electron chi connectivity index (χ4n) is 2.26. The predicted octanol–water partition coefficient (Wildman–Crippen LogP) is 2.97. The first kappa shape index (κ1) is 16.0. The van der Waals surface area contributed by atoms with Crippen LogP contribution in [0.2, 0.25) is 5.28 Å². The van der Waals surface area contributed by atoms with Crippen molar-refractivity contribution in [3.63, 3.8) is 0 Å². The van der Waals surface area contributed by atoms with Crippen LogP contribution in [0.15, 0.2) is 6.20 Å². The van der Waals surface area contributed by atoms with Gasteiger partial charge in [-0.05, 0) is 36.8 Å². The Morgan fingerprint density at radius 1 is 1.43 bits per heavy atom. The largest absolute Gasteiger partial charge is 0.370 e. The van der Waals surface area contributed by atoms with Crippen LogP contribution in [-0.2, 0) is 4.79 Å². The molecule has 1 saturated carbocycles. The van der Waals surface area contributed by atoms with Gasteiger partial charge < -0.3 is 10.6 Å². The van der Waals surface area contributed by atoms with E-state index in [1.165, 1.54) is 6.42 Å². The van der Waals surface area contributed by atoms with E-state index >= 15 is 0 Å². The van der Waals surface area contributed by atoms with Crippen LogP contribution in [0.5, 0.6) is 0 Å². The molecule has 2 N–H and O–H groups in total. The van der Waals surface area contributed by atoms with Crippen molar-refractivity contribution in [2.24, 2.45) is 5.92 Å². The molecule has 21 heavy (non-hydrogen) atoms. The second-order valence-electron chi connectivity index (χ2n) is 5.80. The van der Waals surface area contributed by atoms with Gasteiger partial charge in [0, 0.05) is 30.8 Å². The van der Waals surface area contributed by atoms with Gasteiger partial charge in [0.1, 0.15) is 5.82 Å². The third kappa shape index (κ3) is 4.56. The molecule has 0 saturated heterocycles. The van der Waals surface area contributed by atoms with Crippen LogP contribution < -0.4 is 10.6 Å². The van der Waals surface area contributed by atoms with Gasteiger partial charge in [-0.3, -0.25) is 4.79 Å². The first-order valence-corrected chi connectivity index (χ1v) is 7.99. The lowest BCUT2D eigenvalue weighted by Crippen LogP contribution is -2.35. The highest BCUT2D eigenvalue weighted by molar-refractivity contribution is 6.28. The number of carbonyl (C=O) groups excluding carboxylic acids is 1. The number of rotatable bonds is 7. The SMILES string of the molecule is CC(C)c1cnc(Cl)nc1NCCCNC(=O)C1CCC1. The molecule has 1 heterocycles. The molecule has 1 aliphatic rings. The van der Waals surface area contributed by atoms with Crippen LogP contribution in [0.3, 0.4) is 0 Å². The number of hydrogen-bond acceptors (Lipinski definition) is 4. The summed E-state index contributed by atoms with van der Waals surface area (Å²) in [5, 5.41) is 6.51. The first-order valence-electron chi connectivity index (χ1n) is 7.62. The Kier molecular flexibility index (Phi) is 5.79. The molecule has 0 aliphatic heterocycles. The van der Waals surface area contributed by atoms with Crippen LogP contribution in [0.4, 0.5) is 5.82 Å². The van der Waals surface area contributed by atoms with Gasteiger partial charge in [-0.25, -0.2) is 9.97 Å². The number of nitrogens with one attached hydrogen (secondary N) is 2. The third-order valence-electron chi connectivity index (χ3n) is 3.83. The number of halogens is 1. The van der Waals surface area contributed by atoms with Gasteiger partial charge in [-0.15, -0.1) is 0 Å². The second-order valence-corrected chi connectivity index (χ2v) is 6.13. The Morgan fingerprint density at radius 2 is 2.19 bits per heavy atom. The Labute approximate surface area is 130 Å². The fourth-order valence-corrected chi connectivity index (χ4v) is 2.39. The van der Waals surface area contributed by atoms with Gasteiger partial charge in [-0.1, -0.05) is 20.3 Å². The Balaban J connectivity index is 1.73. The van der Waals surface area contributed by atoms with Crippen LogP contribution in [0.1, 0.15) is 51.0 Å². The van der Waals surface area contributed by atoms with E-state index in [4.69, 9.17) is 11.6 Å². The summed E-state index contributed by atoms with van der Waals surface area (Å²) in [5.74, 6) is 1.58. The van der Waals surface area contributed by atoms with Crippen LogP contribution >= 0.6 is 11.6 Å². The quantitative estimate of drug-likeness (QED) is 0.600. The summed E-state index contributed by atoms with van der Waals surface area (Å²) >= 11 is 5.84. The number of nitrogens with zero attached hydrogens (tertiary/aromatic N) is 2. The summed E-state index contributed by atoms with van der Waals surface area (Å²) in [4.78, 5) is 19.9. The van der Waals surface area contributed by atoms with Crippen LogP contribution in [0.25, 0.3) is 0 Å². The summed E-state index contributed by atoms with van der Waals surface area (Å²) in [6, 6.07) is 0. The number of aromatic nitrogens is 2. The van der Waals surface area contributed by atoms with E-state index in [0.717, 1.165) is 37.2 Å². The average Bonchev–Trinajstić information content (AvgIpc) is 2.36. The van der Waals surface area contributed by atoms with E-state index in [-0.39, 0.29) is 17.1 Å². The number of amides is 1. The van der Waals surface area contributed by atoms with Crippen LogP contribution in [0, 0.1) is 5.92 Å². The lowest BCUT2D eigenvalue weighted by molar-refractivity contribution is -0.127. The van der Waals surface area contributed by atoms with E-state index in [9.17, 15) is 4.79 Å². The molecule has 1 aromatic heterocycles. The minimum absolute atomic E-state index is 0.203. The molecule has 0 atom stereocenters. The zero-order valence-corrected chi connectivity index (χ0v) is 13.4. The maximum atomic E-state index is 11.7. The maximum absolute atomic E-state index is 11.7. The number of hydrogen-bond donors (Lipinski definition) is 2. The first-order chi connectivity index (χ1) is 10.1. The molecule has 2 rings (SSSR count). The van der Waals surface area contributed by atoms with E-state index in [0.29, 0.717) is 12.5 Å². The molecule has 116 valence electrons. The molecule has 0 spiro atoms. The third-order valence-corrected chi connectivity index (χ3v) is 4.01. The molecule has 5 nitrogen and oxygen atoms in total. The maximum Gasteiger partial charge on any atom is 0.224 e. The van der Waals surface area contributed by atoms with Crippen molar-refractivity contribution in [3.05, 3.63) is 17.0 Å². The van der Waals surface area contributed by atoms with E-state index in [2.05, 4.69) is 34.4 Å². The van der Waals surface area contributed by atoms with Crippen molar-refractivity contribution in [3.8, 4) is 0 Å². The van der Waals surface area contributed by atoms with Gasteiger partial charge in [0.15, 0.2) is 0 Å².